The molecule has 1 saturated heterocycles. The zero-order chi connectivity index (χ0) is 13.3. The highest BCUT2D eigenvalue weighted by atomic mass is 16.3. The summed E-state index contributed by atoms with van der Waals surface area (Å²) in [4.78, 5) is 14.1. The molecule has 1 aliphatic heterocycles. The Hall–Kier alpha value is -1.29. The summed E-state index contributed by atoms with van der Waals surface area (Å²) in [6.07, 6.45) is 1.22. The van der Waals surface area contributed by atoms with Crippen molar-refractivity contribution in [3.05, 3.63) is 23.7 Å². The van der Waals surface area contributed by atoms with E-state index in [1.54, 1.807) is 0 Å². The maximum atomic E-state index is 12.2. The fourth-order valence-corrected chi connectivity index (χ4v) is 2.43. The largest absolute Gasteiger partial charge is 0.466 e. The van der Waals surface area contributed by atoms with Gasteiger partial charge in [0.2, 0.25) is 5.91 Å². The predicted octanol–water partition coefficient (Wildman–Crippen LogP) is 1.72. The van der Waals surface area contributed by atoms with Gasteiger partial charge in [-0.15, -0.1) is 0 Å². The SMILES string of the molecule is Cc1ccc(CC(=O)N2CCC(N)C(C)(C)C2)o1. The third kappa shape index (κ3) is 2.75. The van der Waals surface area contributed by atoms with Crippen LogP contribution in [0.25, 0.3) is 0 Å². The average Bonchev–Trinajstić information content (AvgIpc) is 2.68. The number of carbonyl (C=O) groups excluding carboxylic acids is 1. The third-order valence-electron chi connectivity index (χ3n) is 3.79. The Balaban J connectivity index is 1.98. The van der Waals surface area contributed by atoms with Crippen LogP contribution in [0.15, 0.2) is 16.5 Å². The maximum absolute atomic E-state index is 12.2. The Bertz CT molecular complexity index is 437. The molecule has 4 nitrogen and oxygen atoms in total. The van der Waals surface area contributed by atoms with E-state index in [2.05, 4.69) is 13.8 Å². The summed E-state index contributed by atoms with van der Waals surface area (Å²) in [5.41, 5.74) is 6.07. The number of nitrogens with two attached hydrogens (primary N) is 1. The second-order valence-corrected chi connectivity index (χ2v) is 5.89. The fourth-order valence-electron chi connectivity index (χ4n) is 2.43. The Labute approximate surface area is 108 Å². The topological polar surface area (TPSA) is 59.5 Å². The molecule has 0 aliphatic carbocycles. The second-order valence-electron chi connectivity index (χ2n) is 5.89. The lowest BCUT2D eigenvalue weighted by Crippen LogP contribution is -2.54. The molecule has 100 valence electrons. The molecule has 0 aromatic carbocycles. The van der Waals surface area contributed by atoms with Crippen molar-refractivity contribution in [1.82, 2.24) is 4.90 Å². The Morgan fingerprint density at radius 3 is 2.83 bits per heavy atom. The molecule has 0 saturated carbocycles. The molecule has 2 heterocycles. The lowest BCUT2D eigenvalue weighted by atomic mass is 9.79. The van der Waals surface area contributed by atoms with Gasteiger partial charge in [0.25, 0.3) is 0 Å². The van der Waals surface area contributed by atoms with Gasteiger partial charge in [0.1, 0.15) is 11.5 Å². The molecular formula is C14H22N2O2. The van der Waals surface area contributed by atoms with E-state index < -0.39 is 0 Å². The first-order chi connectivity index (χ1) is 8.38. The number of hydrogen-bond acceptors (Lipinski definition) is 3. The number of aryl methyl sites for hydroxylation is 1. The minimum Gasteiger partial charge on any atom is -0.466 e. The van der Waals surface area contributed by atoms with Crippen LogP contribution in [0.5, 0.6) is 0 Å². The van der Waals surface area contributed by atoms with Crippen molar-refractivity contribution in [1.29, 1.82) is 0 Å². The molecule has 1 fully saturated rings. The van der Waals surface area contributed by atoms with Gasteiger partial charge >= 0.3 is 0 Å². The van der Waals surface area contributed by atoms with Crippen molar-refractivity contribution >= 4 is 5.91 Å². The number of amides is 1. The lowest BCUT2D eigenvalue weighted by molar-refractivity contribution is -0.134. The summed E-state index contributed by atoms with van der Waals surface area (Å²) < 4.78 is 5.45. The van der Waals surface area contributed by atoms with Gasteiger partial charge in [-0.05, 0) is 30.9 Å². The number of piperidine rings is 1. The van der Waals surface area contributed by atoms with Gasteiger partial charge in [-0.2, -0.15) is 0 Å². The Kier molecular flexibility index (Phi) is 3.48. The summed E-state index contributed by atoms with van der Waals surface area (Å²) in [5, 5.41) is 0. The van der Waals surface area contributed by atoms with E-state index in [1.807, 2.05) is 24.0 Å². The number of nitrogens with zero attached hydrogens (tertiary/aromatic N) is 1. The van der Waals surface area contributed by atoms with Crippen molar-refractivity contribution in [3.8, 4) is 0 Å². The summed E-state index contributed by atoms with van der Waals surface area (Å²) >= 11 is 0. The highest BCUT2D eigenvalue weighted by Crippen LogP contribution is 2.28. The van der Waals surface area contributed by atoms with Gasteiger partial charge < -0.3 is 15.1 Å². The molecule has 1 aromatic rings. The van der Waals surface area contributed by atoms with Crippen molar-refractivity contribution in [2.45, 2.75) is 39.7 Å². The summed E-state index contributed by atoms with van der Waals surface area (Å²) in [6, 6.07) is 3.93. The summed E-state index contributed by atoms with van der Waals surface area (Å²) in [5.74, 6) is 1.72. The molecule has 18 heavy (non-hydrogen) atoms. The van der Waals surface area contributed by atoms with Gasteiger partial charge in [-0.3, -0.25) is 4.79 Å². The normalized spacial score (nSPS) is 23.1. The number of likely N-dealkylation sites (tertiary alicyclic amines) is 1. The molecule has 0 bridgehead atoms. The molecule has 1 amide bonds. The standard InChI is InChI=1S/C14H22N2O2/c1-10-4-5-11(18-10)8-13(17)16-7-6-12(15)14(2,3)9-16/h4-5,12H,6-9,15H2,1-3H3. The monoisotopic (exact) mass is 250 g/mol. The molecular weight excluding hydrogens is 228 g/mol. The predicted molar refractivity (Wildman–Crippen MR) is 70.1 cm³/mol. The molecule has 0 radical (unpaired) electrons. The van der Waals surface area contributed by atoms with Gasteiger partial charge in [-0.25, -0.2) is 0 Å². The molecule has 4 heteroatoms. The highest BCUT2D eigenvalue weighted by Gasteiger charge is 2.35. The van der Waals surface area contributed by atoms with E-state index in [1.165, 1.54) is 0 Å². The van der Waals surface area contributed by atoms with Gasteiger partial charge in [0.05, 0.1) is 6.42 Å². The minimum atomic E-state index is -0.00695. The number of furan rings is 1. The molecule has 1 aliphatic rings. The molecule has 1 aromatic heterocycles. The van der Waals surface area contributed by atoms with Crippen LogP contribution in [0, 0.1) is 12.3 Å². The van der Waals surface area contributed by atoms with Crippen molar-refractivity contribution in [3.63, 3.8) is 0 Å². The van der Waals surface area contributed by atoms with Crippen LogP contribution in [0.4, 0.5) is 0 Å². The number of carbonyl (C=O) groups is 1. The maximum Gasteiger partial charge on any atom is 0.230 e. The van der Waals surface area contributed by atoms with Crippen LogP contribution >= 0.6 is 0 Å². The van der Waals surface area contributed by atoms with E-state index in [0.717, 1.165) is 31.0 Å². The summed E-state index contributed by atoms with van der Waals surface area (Å²) in [7, 11) is 0. The smallest absolute Gasteiger partial charge is 0.230 e. The van der Waals surface area contributed by atoms with Gasteiger partial charge in [0.15, 0.2) is 0 Å². The molecule has 1 atom stereocenters. The lowest BCUT2D eigenvalue weighted by Gasteiger charge is -2.42. The first-order valence-corrected chi connectivity index (χ1v) is 6.47. The molecule has 0 spiro atoms. The number of rotatable bonds is 2. The summed E-state index contributed by atoms with van der Waals surface area (Å²) in [6.45, 7) is 7.61. The Morgan fingerprint density at radius 2 is 2.28 bits per heavy atom. The Morgan fingerprint density at radius 1 is 1.56 bits per heavy atom. The van der Waals surface area contributed by atoms with Crippen molar-refractivity contribution in [2.75, 3.05) is 13.1 Å². The van der Waals surface area contributed by atoms with Crippen LogP contribution < -0.4 is 5.73 Å². The zero-order valence-electron chi connectivity index (χ0n) is 11.4. The van der Waals surface area contributed by atoms with E-state index in [0.29, 0.717) is 6.42 Å². The quantitative estimate of drug-likeness (QED) is 0.869. The van der Waals surface area contributed by atoms with Gasteiger partial charge in [0, 0.05) is 19.1 Å². The van der Waals surface area contributed by atoms with Gasteiger partial charge in [-0.1, -0.05) is 13.8 Å². The third-order valence-corrected chi connectivity index (χ3v) is 3.79. The van der Waals surface area contributed by atoms with E-state index in [4.69, 9.17) is 10.2 Å². The van der Waals surface area contributed by atoms with Crippen LogP contribution in [0.3, 0.4) is 0 Å². The minimum absolute atomic E-state index is 0.00695. The van der Waals surface area contributed by atoms with Crippen LogP contribution in [-0.2, 0) is 11.2 Å². The highest BCUT2D eigenvalue weighted by molar-refractivity contribution is 5.78. The molecule has 2 N–H and O–H groups in total. The van der Waals surface area contributed by atoms with Crippen LogP contribution in [0.2, 0.25) is 0 Å². The van der Waals surface area contributed by atoms with E-state index in [9.17, 15) is 4.79 Å². The van der Waals surface area contributed by atoms with Crippen molar-refractivity contribution in [2.24, 2.45) is 11.1 Å². The van der Waals surface area contributed by atoms with Crippen LogP contribution in [-0.4, -0.2) is 29.9 Å². The zero-order valence-corrected chi connectivity index (χ0v) is 11.4. The second kappa shape index (κ2) is 4.76. The van der Waals surface area contributed by atoms with E-state index in [-0.39, 0.29) is 17.4 Å². The molecule has 2 rings (SSSR count). The number of hydrogen-bond donors (Lipinski definition) is 1. The van der Waals surface area contributed by atoms with Crippen LogP contribution in [0.1, 0.15) is 31.8 Å². The molecule has 1 unspecified atom stereocenters. The van der Waals surface area contributed by atoms with Crippen molar-refractivity contribution < 1.29 is 9.21 Å². The first kappa shape index (κ1) is 13.1. The van der Waals surface area contributed by atoms with E-state index >= 15 is 0 Å². The average molecular weight is 250 g/mol. The first-order valence-electron chi connectivity index (χ1n) is 6.47. The fraction of sp³-hybridized carbons (Fsp3) is 0.643.